The average molecular weight is 390 g/mol. The number of carbonyl (C=O) groups is 1. The zero-order valence-corrected chi connectivity index (χ0v) is 14.6. The third-order valence-electron chi connectivity index (χ3n) is 3.42. The Morgan fingerprint density at radius 2 is 1.85 bits per heavy atom. The van der Waals surface area contributed by atoms with Gasteiger partial charge < -0.3 is 15.4 Å². The Balaban J connectivity index is 1.53. The molecular formula is C19H14ClF2N3O2. The SMILES string of the molecule is O=C(COc1ccc(Cl)cc1)Nc1ccc(Nc2ccc(F)cc2F)nc1. The molecule has 3 aromatic rings. The third-order valence-corrected chi connectivity index (χ3v) is 3.68. The Hall–Kier alpha value is -3.19. The van der Waals surface area contributed by atoms with E-state index in [2.05, 4.69) is 15.6 Å². The topological polar surface area (TPSA) is 63.2 Å². The number of amides is 1. The van der Waals surface area contributed by atoms with Crippen LogP contribution in [0.1, 0.15) is 0 Å². The lowest BCUT2D eigenvalue weighted by Crippen LogP contribution is -2.20. The molecule has 0 atom stereocenters. The van der Waals surface area contributed by atoms with Crippen LogP contribution in [0.25, 0.3) is 0 Å². The maximum absolute atomic E-state index is 13.6. The lowest BCUT2D eigenvalue weighted by molar-refractivity contribution is -0.118. The van der Waals surface area contributed by atoms with Crippen molar-refractivity contribution in [2.24, 2.45) is 0 Å². The molecule has 138 valence electrons. The summed E-state index contributed by atoms with van der Waals surface area (Å²) < 4.78 is 31.9. The molecule has 0 bridgehead atoms. The first kappa shape index (κ1) is 18.6. The lowest BCUT2D eigenvalue weighted by Gasteiger charge is -2.09. The summed E-state index contributed by atoms with van der Waals surface area (Å²) in [5, 5.41) is 5.94. The number of benzene rings is 2. The fraction of sp³-hybridized carbons (Fsp3) is 0.0526. The predicted octanol–water partition coefficient (Wildman–Crippen LogP) is 4.77. The predicted molar refractivity (Wildman–Crippen MR) is 99.5 cm³/mol. The van der Waals surface area contributed by atoms with Gasteiger partial charge >= 0.3 is 0 Å². The summed E-state index contributed by atoms with van der Waals surface area (Å²) in [7, 11) is 0. The van der Waals surface area contributed by atoms with Crippen LogP contribution in [0.2, 0.25) is 5.02 Å². The molecule has 0 spiro atoms. The molecule has 0 saturated carbocycles. The van der Waals surface area contributed by atoms with Gasteiger partial charge in [0.05, 0.1) is 17.6 Å². The van der Waals surface area contributed by atoms with E-state index in [0.717, 1.165) is 12.1 Å². The number of pyridine rings is 1. The van der Waals surface area contributed by atoms with Crippen LogP contribution in [-0.4, -0.2) is 17.5 Å². The van der Waals surface area contributed by atoms with E-state index in [0.29, 0.717) is 22.3 Å². The number of hydrogen-bond donors (Lipinski definition) is 2. The molecule has 0 aliphatic rings. The van der Waals surface area contributed by atoms with Crippen molar-refractivity contribution in [3.63, 3.8) is 0 Å². The highest BCUT2D eigenvalue weighted by Gasteiger charge is 2.07. The monoisotopic (exact) mass is 389 g/mol. The van der Waals surface area contributed by atoms with Gasteiger partial charge in [0.2, 0.25) is 0 Å². The highest BCUT2D eigenvalue weighted by Crippen LogP contribution is 2.20. The van der Waals surface area contributed by atoms with E-state index in [1.165, 1.54) is 12.3 Å². The lowest BCUT2D eigenvalue weighted by atomic mass is 10.3. The smallest absolute Gasteiger partial charge is 0.262 e. The molecule has 1 heterocycles. The number of rotatable bonds is 6. The fourth-order valence-electron chi connectivity index (χ4n) is 2.15. The fourth-order valence-corrected chi connectivity index (χ4v) is 2.27. The molecule has 0 unspecified atom stereocenters. The molecular weight excluding hydrogens is 376 g/mol. The van der Waals surface area contributed by atoms with E-state index in [-0.39, 0.29) is 18.2 Å². The minimum Gasteiger partial charge on any atom is -0.484 e. The Kier molecular flexibility index (Phi) is 5.83. The van der Waals surface area contributed by atoms with Gasteiger partial charge in [-0.1, -0.05) is 11.6 Å². The minimum absolute atomic E-state index is 0.0945. The summed E-state index contributed by atoms with van der Waals surface area (Å²) in [5.41, 5.74) is 0.543. The largest absolute Gasteiger partial charge is 0.484 e. The molecule has 3 rings (SSSR count). The van der Waals surface area contributed by atoms with Crippen molar-refractivity contribution in [3.8, 4) is 5.75 Å². The summed E-state index contributed by atoms with van der Waals surface area (Å²) in [6.45, 7) is -0.178. The van der Waals surface area contributed by atoms with Crippen LogP contribution in [0.3, 0.4) is 0 Å². The van der Waals surface area contributed by atoms with Gasteiger partial charge in [0, 0.05) is 11.1 Å². The van der Waals surface area contributed by atoms with Gasteiger partial charge in [-0.15, -0.1) is 0 Å². The van der Waals surface area contributed by atoms with Crippen molar-refractivity contribution in [3.05, 3.63) is 77.5 Å². The molecule has 0 radical (unpaired) electrons. The van der Waals surface area contributed by atoms with Crippen LogP contribution in [0.4, 0.5) is 26.0 Å². The van der Waals surface area contributed by atoms with E-state index >= 15 is 0 Å². The van der Waals surface area contributed by atoms with Crippen molar-refractivity contribution in [2.75, 3.05) is 17.2 Å². The number of aromatic nitrogens is 1. The number of ether oxygens (including phenoxy) is 1. The first-order valence-corrected chi connectivity index (χ1v) is 8.24. The standard InChI is InChI=1S/C19H14ClF2N3O2/c20-12-1-5-15(6-2-12)27-11-19(26)24-14-4-8-18(23-10-14)25-17-7-3-13(21)9-16(17)22/h1-10H,11H2,(H,23,25)(H,24,26). The van der Waals surface area contributed by atoms with Gasteiger partial charge in [-0.3, -0.25) is 4.79 Å². The summed E-state index contributed by atoms with van der Waals surface area (Å²) in [6, 6.07) is 13.0. The number of hydrogen-bond acceptors (Lipinski definition) is 4. The van der Waals surface area contributed by atoms with E-state index in [9.17, 15) is 13.6 Å². The van der Waals surface area contributed by atoms with Gasteiger partial charge in [-0.05, 0) is 48.5 Å². The second-order valence-corrected chi connectivity index (χ2v) is 5.91. The van der Waals surface area contributed by atoms with Gasteiger partial charge in [-0.2, -0.15) is 0 Å². The number of carbonyl (C=O) groups excluding carboxylic acids is 1. The molecule has 1 aromatic heterocycles. The zero-order valence-electron chi connectivity index (χ0n) is 13.9. The summed E-state index contributed by atoms with van der Waals surface area (Å²) in [4.78, 5) is 16.0. The van der Waals surface area contributed by atoms with Crippen molar-refractivity contribution in [1.82, 2.24) is 4.98 Å². The summed E-state index contributed by atoms with van der Waals surface area (Å²) in [5.74, 6) is -0.889. The van der Waals surface area contributed by atoms with Gasteiger partial charge in [0.25, 0.3) is 5.91 Å². The molecule has 27 heavy (non-hydrogen) atoms. The number of nitrogens with one attached hydrogen (secondary N) is 2. The molecule has 0 saturated heterocycles. The maximum atomic E-state index is 13.6. The minimum atomic E-state index is -0.728. The molecule has 0 aliphatic heterocycles. The molecule has 8 heteroatoms. The first-order chi connectivity index (χ1) is 13.0. The quantitative estimate of drug-likeness (QED) is 0.637. The highest BCUT2D eigenvalue weighted by molar-refractivity contribution is 6.30. The van der Waals surface area contributed by atoms with Crippen molar-refractivity contribution in [1.29, 1.82) is 0 Å². The van der Waals surface area contributed by atoms with E-state index < -0.39 is 11.6 Å². The molecule has 1 amide bonds. The van der Waals surface area contributed by atoms with Crippen LogP contribution in [-0.2, 0) is 4.79 Å². The number of anilines is 3. The molecule has 0 aliphatic carbocycles. The van der Waals surface area contributed by atoms with Crippen molar-refractivity contribution in [2.45, 2.75) is 0 Å². The van der Waals surface area contributed by atoms with Gasteiger partial charge in [-0.25, -0.2) is 13.8 Å². The second-order valence-electron chi connectivity index (χ2n) is 5.47. The van der Waals surface area contributed by atoms with E-state index in [4.69, 9.17) is 16.3 Å². The normalized spacial score (nSPS) is 10.3. The van der Waals surface area contributed by atoms with Crippen LogP contribution < -0.4 is 15.4 Å². The maximum Gasteiger partial charge on any atom is 0.262 e. The Bertz CT molecular complexity index is 935. The summed E-state index contributed by atoms with van der Waals surface area (Å²) in [6.07, 6.45) is 1.41. The molecule has 0 fully saturated rings. The van der Waals surface area contributed by atoms with Crippen LogP contribution in [0, 0.1) is 11.6 Å². The van der Waals surface area contributed by atoms with Crippen molar-refractivity contribution >= 4 is 34.7 Å². The first-order valence-electron chi connectivity index (χ1n) is 7.86. The average Bonchev–Trinajstić information content (AvgIpc) is 2.65. The van der Waals surface area contributed by atoms with Crippen molar-refractivity contribution < 1.29 is 18.3 Å². The van der Waals surface area contributed by atoms with Gasteiger partial charge in [0.1, 0.15) is 23.2 Å². The van der Waals surface area contributed by atoms with Crippen LogP contribution >= 0.6 is 11.6 Å². The van der Waals surface area contributed by atoms with Gasteiger partial charge in [0.15, 0.2) is 6.61 Å². The number of halogens is 3. The van der Waals surface area contributed by atoms with Crippen LogP contribution in [0.15, 0.2) is 60.8 Å². The summed E-state index contributed by atoms with van der Waals surface area (Å²) >= 11 is 5.78. The highest BCUT2D eigenvalue weighted by atomic mass is 35.5. The van der Waals surface area contributed by atoms with E-state index in [1.807, 2.05) is 0 Å². The molecule has 2 N–H and O–H groups in total. The third kappa shape index (κ3) is 5.39. The second kappa shape index (κ2) is 8.46. The molecule has 5 nitrogen and oxygen atoms in total. The van der Waals surface area contributed by atoms with Crippen LogP contribution in [0.5, 0.6) is 5.75 Å². The molecule has 2 aromatic carbocycles. The number of nitrogens with zero attached hydrogens (tertiary/aromatic N) is 1. The Morgan fingerprint density at radius 3 is 2.52 bits per heavy atom. The van der Waals surface area contributed by atoms with E-state index in [1.54, 1.807) is 36.4 Å². The Labute approximate surface area is 159 Å². The zero-order chi connectivity index (χ0) is 19.2. The Morgan fingerprint density at radius 1 is 1.07 bits per heavy atom.